The van der Waals surface area contributed by atoms with Gasteiger partial charge in [-0.25, -0.2) is 0 Å². The summed E-state index contributed by atoms with van der Waals surface area (Å²) < 4.78 is 27.3. The van der Waals surface area contributed by atoms with Crippen molar-refractivity contribution < 1.29 is 54.1 Å². The Morgan fingerprint density at radius 3 is 2.47 bits per heavy atom. The number of carbonyl (C=O) groups excluding carboxylic acids is 2. The summed E-state index contributed by atoms with van der Waals surface area (Å²) in [5.74, 6) is 6.80. The molecule has 15 bridgehead atoms. The standard InChI is InChI=1S/C81H81NO11S4/c1-43(83)92-72-33-58-32-64-62-35-74(70(86)28-52(62)26-65-69(85)36-67-63-34-71(87)73(90-2)29-53(63)27-68(72)81(67,78(64)65)56-18-15-46-9-3-4-11-48(46)24-56)91-40-76(88)97-95-42-54-37-80(79(89)93-58)55-17-16-50-25-57(84)31-61(60(50)30-55)49-13-7-8-44(23-49)38-82-39-45-14-19-59-66(80)20-21-75(77(54)59)96-94-41-51-12-6-5-10-47(51)22-45/h3-13,16-17,23-25,28-31,34-35,45,54,58-59,64-69,72,75-78,82,84-88H,15,18,20-22,26-27,32-33,36-42H2,1-2H3/t45-,54-,58-,59-,64-,65+,66+,67+,68+,69-,72+,75-,76+,77+,78+,80+,81-/m0/s1. The lowest BCUT2D eigenvalue weighted by atomic mass is 9.38. The number of aryl methyl sites for hydroxylation is 1. The summed E-state index contributed by atoms with van der Waals surface area (Å²) in [5, 5.41) is 66.9. The minimum Gasteiger partial charge on any atom is -0.508 e. The molecule has 12 nitrogen and oxygen atoms in total. The molecular weight excluding hydrogens is 1290 g/mol. The highest BCUT2D eigenvalue weighted by Gasteiger charge is 2.69. The third kappa shape index (κ3) is 11.0. The number of carbonyl (C=O) groups is 2. The molecule has 0 amide bonds. The second kappa shape index (κ2) is 25.5. The van der Waals surface area contributed by atoms with E-state index in [0.29, 0.717) is 63.1 Å². The average molecular weight is 1370 g/mol. The summed E-state index contributed by atoms with van der Waals surface area (Å²) in [6.07, 6.45) is 5.79. The van der Waals surface area contributed by atoms with Crippen LogP contribution in [-0.4, -0.2) is 92.5 Å². The average Bonchev–Trinajstić information content (AvgIpc) is 0.697. The predicted molar refractivity (Wildman–Crippen MR) is 384 cm³/mol. The monoisotopic (exact) mass is 1370 g/mol. The molecule has 16 heteroatoms. The van der Waals surface area contributed by atoms with Gasteiger partial charge in [-0.2, -0.15) is 0 Å². The van der Waals surface area contributed by atoms with E-state index in [1.54, 1.807) is 24.0 Å². The smallest absolute Gasteiger partial charge is 0.317 e. The number of phenolic OH excluding ortho intramolecular Hbond substituents is 3. The van der Waals surface area contributed by atoms with Crippen LogP contribution in [0.3, 0.4) is 0 Å². The maximum Gasteiger partial charge on any atom is 0.317 e. The molecule has 7 aromatic rings. The fourth-order valence-electron chi connectivity index (χ4n) is 20.7. The van der Waals surface area contributed by atoms with Gasteiger partial charge in [0.1, 0.15) is 30.0 Å². The fourth-order valence-corrected chi connectivity index (χ4v) is 26.2. The van der Waals surface area contributed by atoms with Crippen molar-refractivity contribution in [2.24, 2.45) is 52.8 Å². The molecular formula is C81H81NO11S4. The lowest BCUT2D eigenvalue weighted by Crippen LogP contribution is -2.64. The molecule has 500 valence electrons. The Kier molecular flexibility index (Phi) is 16.8. The van der Waals surface area contributed by atoms with E-state index in [2.05, 4.69) is 114 Å². The molecule has 7 aromatic carbocycles. The molecule has 1 spiro atoms. The normalized spacial score (nSPS) is 33.1. The van der Waals surface area contributed by atoms with Crippen LogP contribution < -0.4 is 14.8 Å². The van der Waals surface area contributed by atoms with Crippen LogP contribution in [0.15, 0.2) is 133 Å². The minimum absolute atomic E-state index is 0.0137. The van der Waals surface area contributed by atoms with Crippen molar-refractivity contribution in [2.45, 2.75) is 136 Å². The molecule has 6 N–H and O–H groups in total. The number of aliphatic hydroxyl groups is 2. The summed E-state index contributed by atoms with van der Waals surface area (Å²) in [6, 6.07) is 43.5. The second-order valence-electron chi connectivity index (χ2n) is 29.3. The number of esters is 2. The number of phenols is 3. The first-order valence-corrected chi connectivity index (χ1v) is 39.6. The molecule has 0 unspecified atom stereocenters. The number of nitrogens with one attached hydrogen (secondary N) is 1. The van der Waals surface area contributed by atoms with E-state index >= 15 is 4.79 Å². The molecule has 10 aliphatic rings. The number of fused-ring (bicyclic) bond motifs is 12. The van der Waals surface area contributed by atoms with Crippen LogP contribution >= 0.6 is 43.2 Å². The van der Waals surface area contributed by atoms with Crippen LogP contribution in [0.5, 0.6) is 28.7 Å². The van der Waals surface area contributed by atoms with E-state index in [0.717, 1.165) is 85.9 Å². The van der Waals surface area contributed by atoms with E-state index in [-0.39, 0.29) is 101 Å². The van der Waals surface area contributed by atoms with Crippen LogP contribution in [0.1, 0.15) is 119 Å². The Bertz CT molecular complexity index is 4410. The Morgan fingerprint density at radius 2 is 1.61 bits per heavy atom. The lowest BCUT2D eigenvalue weighted by Gasteiger charge is -2.66. The molecule has 17 atom stereocenters. The third-order valence-corrected chi connectivity index (χ3v) is 29.9. The van der Waals surface area contributed by atoms with E-state index in [4.69, 9.17) is 18.9 Å². The van der Waals surface area contributed by atoms with Crippen molar-refractivity contribution in [1.82, 2.24) is 5.32 Å². The minimum atomic E-state index is -1.30. The number of ether oxygens (including phenoxy) is 4. The van der Waals surface area contributed by atoms with Gasteiger partial charge in [0, 0.05) is 66.4 Å². The Balaban J connectivity index is 0.905. The molecule has 3 aliphatic heterocycles. The first kappa shape index (κ1) is 63.7. The van der Waals surface area contributed by atoms with Crippen LogP contribution in [0.2, 0.25) is 0 Å². The van der Waals surface area contributed by atoms with Crippen molar-refractivity contribution in [3.63, 3.8) is 0 Å². The van der Waals surface area contributed by atoms with Gasteiger partial charge in [0.2, 0.25) is 0 Å². The van der Waals surface area contributed by atoms with Crippen molar-refractivity contribution in [3.05, 3.63) is 189 Å². The van der Waals surface area contributed by atoms with Gasteiger partial charge in [0.15, 0.2) is 23.0 Å². The number of rotatable bonds is 3. The van der Waals surface area contributed by atoms with Crippen LogP contribution in [-0.2, 0) is 62.5 Å². The van der Waals surface area contributed by atoms with Gasteiger partial charge in [-0.3, -0.25) is 9.59 Å². The number of hydrogen-bond donors (Lipinski definition) is 6. The molecule has 97 heavy (non-hydrogen) atoms. The van der Waals surface area contributed by atoms with E-state index < -0.39 is 52.4 Å². The van der Waals surface area contributed by atoms with E-state index in [9.17, 15) is 30.3 Å². The molecule has 7 aliphatic carbocycles. The summed E-state index contributed by atoms with van der Waals surface area (Å²) in [4.78, 5) is 32.1. The highest BCUT2D eigenvalue weighted by Crippen LogP contribution is 2.73. The molecule has 3 heterocycles. The summed E-state index contributed by atoms with van der Waals surface area (Å²) in [5.41, 5.74) is 10.5. The fraction of sp³-hybridized carbons (Fsp3) is 0.432. The highest BCUT2D eigenvalue weighted by atomic mass is 33.1. The highest BCUT2D eigenvalue weighted by molar-refractivity contribution is 8.77. The number of aliphatic hydroxyl groups excluding tert-OH is 2. The summed E-state index contributed by atoms with van der Waals surface area (Å²) >= 11 is 0. The number of benzene rings is 7. The van der Waals surface area contributed by atoms with Crippen molar-refractivity contribution in [1.29, 1.82) is 0 Å². The number of hydrogen-bond acceptors (Lipinski definition) is 16. The SMILES string of the molecule is COc1cc2c(cc1O)[C@H]1C[C@H](O)[C@H]3Cc4cc(O)c5cc4[C@@H]4C[C@@H](C[C@@H](OC(C)=O)[C@@H](C2)[C@@]1(C1=Cc2ccccc2CC1)[C@@H]34)OC(=O)[C@]12C[C@@H](CSS[C@@H](O)CO5)[C@@H]3[C@H]4C#C[C@H](CNCc5cccc(c5)-c5cc(O)cc6ccc1cc56)Cc1ccccc1CSS[C@H]3CC[C@H]42. The van der Waals surface area contributed by atoms with Gasteiger partial charge >= 0.3 is 11.9 Å². The Labute approximate surface area is 582 Å². The maximum atomic E-state index is 17.8. The van der Waals surface area contributed by atoms with Gasteiger partial charge in [-0.15, -0.1) is 0 Å². The number of allylic oxidation sites excluding steroid dienone is 1. The van der Waals surface area contributed by atoms with Gasteiger partial charge in [0.25, 0.3) is 0 Å². The van der Waals surface area contributed by atoms with Crippen LogP contribution in [0.4, 0.5) is 0 Å². The van der Waals surface area contributed by atoms with Crippen LogP contribution in [0.25, 0.3) is 28.0 Å². The second-order valence-corrected chi connectivity index (χ2v) is 34.5. The topological polar surface area (TPSA) is 184 Å². The van der Waals surface area contributed by atoms with E-state index in [1.807, 2.05) is 51.9 Å². The largest absolute Gasteiger partial charge is 0.508 e. The first-order chi connectivity index (χ1) is 47.2. The van der Waals surface area contributed by atoms with Gasteiger partial charge in [0.05, 0.1) is 18.6 Å². The third-order valence-electron chi connectivity index (χ3n) is 24.5. The maximum absolute atomic E-state index is 17.8. The van der Waals surface area contributed by atoms with Crippen molar-refractivity contribution >= 4 is 72.0 Å². The van der Waals surface area contributed by atoms with Gasteiger partial charge in [-0.1, -0.05) is 146 Å². The van der Waals surface area contributed by atoms with Crippen molar-refractivity contribution in [2.75, 3.05) is 26.0 Å². The van der Waals surface area contributed by atoms with Gasteiger partial charge < -0.3 is 49.8 Å². The van der Waals surface area contributed by atoms with Crippen molar-refractivity contribution in [3.8, 4) is 51.7 Å². The zero-order valence-corrected chi connectivity index (χ0v) is 57.8. The molecule has 0 saturated heterocycles. The molecule has 4 fully saturated rings. The molecule has 0 radical (unpaired) electrons. The zero-order valence-electron chi connectivity index (χ0n) is 54.5. The predicted octanol–water partition coefficient (Wildman–Crippen LogP) is 14.8. The van der Waals surface area contributed by atoms with E-state index in [1.165, 1.54) is 40.0 Å². The summed E-state index contributed by atoms with van der Waals surface area (Å²) in [7, 11) is 8.40. The summed E-state index contributed by atoms with van der Waals surface area (Å²) in [6.45, 7) is 2.64. The Hall–Kier alpha value is -6.68. The first-order valence-electron chi connectivity index (χ1n) is 34.9. The molecule has 4 saturated carbocycles. The van der Waals surface area contributed by atoms with Crippen LogP contribution in [0, 0.1) is 64.6 Å². The van der Waals surface area contributed by atoms with Gasteiger partial charge in [-0.05, 0) is 232 Å². The Morgan fingerprint density at radius 1 is 0.763 bits per heavy atom. The molecule has 17 rings (SSSR count). The lowest BCUT2D eigenvalue weighted by molar-refractivity contribution is -0.183. The zero-order chi connectivity index (χ0) is 66.0. The number of aromatic hydroxyl groups is 3. The number of methoxy groups -OCH3 is 1. The quantitative estimate of drug-likeness (QED) is 0.0557. The molecule has 0 aromatic heterocycles.